The fraction of sp³-hybridized carbons (Fsp3) is 0.909. The van der Waals surface area contributed by atoms with Gasteiger partial charge in [-0.25, -0.2) is 0 Å². The van der Waals surface area contributed by atoms with Gasteiger partial charge in [-0.2, -0.15) is 0 Å². The van der Waals surface area contributed by atoms with Crippen LogP contribution in [0.1, 0.15) is 19.8 Å². The van der Waals surface area contributed by atoms with Gasteiger partial charge in [0, 0.05) is 4.91 Å². The van der Waals surface area contributed by atoms with Gasteiger partial charge in [0.25, 0.3) is 0 Å². The van der Waals surface area contributed by atoms with Gasteiger partial charge in [-0.15, -0.1) is 0 Å². The van der Waals surface area contributed by atoms with Crippen molar-refractivity contribution in [2.45, 2.75) is 31.0 Å². The van der Waals surface area contributed by atoms with Crippen LogP contribution in [0.5, 0.6) is 0 Å². The van der Waals surface area contributed by atoms with Crippen LogP contribution >= 0.6 is 0 Å². The quantitative estimate of drug-likeness (QED) is 0.325. The van der Waals surface area contributed by atoms with Crippen molar-refractivity contribution in [2.24, 2.45) is 10.5 Å². The molecule has 18 heavy (non-hydrogen) atoms. The van der Waals surface area contributed by atoms with Crippen LogP contribution in [0.3, 0.4) is 0 Å². The van der Waals surface area contributed by atoms with E-state index in [2.05, 4.69) is 10.0 Å². The zero-order valence-corrected chi connectivity index (χ0v) is 10.2. The summed E-state index contributed by atoms with van der Waals surface area (Å²) in [7, 11) is 0. The second kappa shape index (κ2) is 3.60. The fourth-order valence-electron chi connectivity index (χ4n) is 3.48. The van der Waals surface area contributed by atoms with Crippen molar-refractivity contribution in [1.82, 2.24) is 0 Å². The van der Waals surface area contributed by atoms with E-state index in [4.69, 9.17) is 19.7 Å². The molecule has 98 valence electrons. The second-order valence-corrected chi connectivity index (χ2v) is 5.32. The lowest BCUT2D eigenvalue weighted by molar-refractivity contribution is -0.220. The van der Waals surface area contributed by atoms with Gasteiger partial charge in [0.1, 0.15) is 11.0 Å². The van der Waals surface area contributed by atoms with Crippen LogP contribution in [-0.4, -0.2) is 43.5 Å². The monoisotopic (exact) mass is 253 g/mol. The van der Waals surface area contributed by atoms with Crippen LogP contribution in [0.25, 0.3) is 10.4 Å². The van der Waals surface area contributed by atoms with E-state index in [-0.39, 0.29) is 12.5 Å². The maximum absolute atomic E-state index is 12.2. The van der Waals surface area contributed by atoms with Crippen molar-refractivity contribution in [3.63, 3.8) is 0 Å². The van der Waals surface area contributed by atoms with E-state index in [9.17, 15) is 4.79 Å². The highest BCUT2D eigenvalue weighted by molar-refractivity contribution is 5.82. The maximum atomic E-state index is 12.2. The minimum atomic E-state index is -0.591. The van der Waals surface area contributed by atoms with Gasteiger partial charge in [-0.1, -0.05) is 5.11 Å². The second-order valence-electron chi connectivity index (χ2n) is 5.32. The highest BCUT2D eigenvalue weighted by Crippen LogP contribution is 2.69. The molecule has 0 aromatic carbocycles. The van der Waals surface area contributed by atoms with Crippen LogP contribution in [0.2, 0.25) is 0 Å². The van der Waals surface area contributed by atoms with Gasteiger partial charge in [-0.05, 0) is 25.3 Å². The summed E-state index contributed by atoms with van der Waals surface area (Å²) in [5.41, 5.74) is 6.78. The number of carbonyl (C=O) groups is 1. The fourth-order valence-corrected chi connectivity index (χ4v) is 3.48. The highest BCUT2D eigenvalue weighted by Gasteiger charge is 2.80. The average molecular weight is 253 g/mol. The minimum Gasteiger partial charge on any atom is -0.465 e. The molecule has 0 amide bonds. The molecule has 4 fully saturated rings. The normalized spacial score (nSPS) is 38.5. The average Bonchev–Trinajstić information content (AvgIpc) is 2.73. The number of hydrogen-bond donors (Lipinski definition) is 0. The van der Waals surface area contributed by atoms with Gasteiger partial charge >= 0.3 is 5.97 Å². The van der Waals surface area contributed by atoms with E-state index in [1.54, 1.807) is 6.92 Å². The molecule has 0 radical (unpaired) electrons. The summed E-state index contributed by atoms with van der Waals surface area (Å²) < 4.78 is 16.4. The lowest BCUT2D eigenvalue weighted by Crippen LogP contribution is -2.63. The van der Waals surface area contributed by atoms with Crippen LogP contribution in [0.15, 0.2) is 5.11 Å². The lowest BCUT2D eigenvalue weighted by Gasteiger charge is -2.48. The third kappa shape index (κ3) is 1.21. The Morgan fingerprint density at radius 1 is 1.50 bits per heavy atom. The van der Waals surface area contributed by atoms with E-state index in [0.717, 1.165) is 0 Å². The van der Waals surface area contributed by atoms with Crippen LogP contribution in [0, 0.1) is 5.41 Å². The summed E-state index contributed by atoms with van der Waals surface area (Å²) in [6.07, 6.45) is 1.14. The molecule has 7 nitrogen and oxygen atoms in total. The van der Waals surface area contributed by atoms with Crippen molar-refractivity contribution in [2.75, 3.05) is 26.4 Å². The third-order valence-corrected chi connectivity index (χ3v) is 4.29. The maximum Gasteiger partial charge on any atom is 0.315 e. The van der Waals surface area contributed by atoms with Crippen molar-refractivity contribution in [3.05, 3.63) is 10.4 Å². The van der Waals surface area contributed by atoms with Gasteiger partial charge in [0.15, 0.2) is 0 Å². The molecule has 3 saturated heterocycles. The SMILES string of the molecule is CCOC(=O)C12CC(CN=[N+]=[N-])(C1)OC21COC1. The van der Waals surface area contributed by atoms with Crippen LogP contribution in [0.4, 0.5) is 0 Å². The summed E-state index contributed by atoms with van der Waals surface area (Å²) in [5, 5.41) is 3.59. The number of rotatable bonds is 4. The molecule has 0 aromatic rings. The first-order valence-electron chi connectivity index (χ1n) is 6.08. The predicted octanol–water partition coefficient (Wildman–Crippen LogP) is 1.18. The molecule has 2 bridgehead atoms. The molecule has 0 atom stereocenters. The molecule has 1 spiro atoms. The van der Waals surface area contributed by atoms with E-state index < -0.39 is 16.6 Å². The molecule has 3 heterocycles. The van der Waals surface area contributed by atoms with Crippen molar-refractivity contribution in [1.29, 1.82) is 0 Å². The molecule has 4 aliphatic rings. The van der Waals surface area contributed by atoms with E-state index >= 15 is 0 Å². The van der Waals surface area contributed by atoms with Crippen molar-refractivity contribution >= 4 is 5.97 Å². The molecule has 1 saturated carbocycles. The summed E-state index contributed by atoms with van der Waals surface area (Å²) in [6, 6.07) is 0. The number of esters is 1. The minimum absolute atomic E-state index is 0.206. The van der Waals surface area contributed by atoms with Gasteiger partial charge in [0.2, 0.25) is 0 Å². The van der Waals surface area contributed by atoms with E-state index in [0.29, 0.717) is 32.7 Å². The van der Waals surface area contributed by atoms with Gasteiger partial charge < -0.3 is 14.2 Å². The smallest absolute Gasteiger partial charge is 0.315 e. The Morgan fingerprint density at radius 3 is 2.72 bits per heavy atom. The number of carbonyl (C=O) groups excluding carboxylic acids is 1. The Balaban J connectivity index is 1.84. The Morgan fingerprint density at radius 2 is 2.22 bits per heavy atom. The zero-order valence-electron chi connectivity index (χ0n) is 10.2. The first kappa shape index (κ1) is 11.8. The molecule has 0 aromatic heterocycles. The van der Waals surface area contributed by atoms with Gasteiger partial charge in [0.05, 0.1) is 32.0 Å². The molecule has 1 aliphatic carbocycles. The van der Waals surface area contributed by atoms with Crippen molar-refractivity contribution < 1.29 is 19.0 Å². The largest absolute Gasteiger partial charge is 0.465 e. The summed E-state index contributed by atoms with van der Waals surface area (Å²) in [5.74, 6) is -0.206. The van der Waals surface area contributed by atoms with Crippen molar-refractivity contribution in [3.8, 4) is 0 Å². The number of azide groups is 1. The topological polar surface area (TPSA) is 93.5 Å². The summed E-state index contributed by atoms with van der Waals surface area (Å²) in [4.78, 5) is 14.9. The summed E-state index contributed by atoms with van der Waals surface area (Å²) in [6.45, 7) is 3.27. The first-order valence-corrected chi connectivity index (χ1v) is 6.08. The lowest BCUT2D eigenvalue weighted by atomic mass is 9.55. The zero-order chi connectivity index (χ0) is 12.9. The van der Waals surface area contributed by atoms with Crippen LogP contribution < -0.4 is 0 Å². The molecular weight excluding hydrogens is 238 g/mol. The van der Waals surface area contributed by atoms with E-state index in [1.165, 1.54) is 0 Å². The van der Waals surface area contributed by atoms with Crippen LogP contribution in [-0.2, 0) is 19.0 Å². The third-order valence-electron chi connectivity index (χ3n) is 4.29. The molecule has 0 N–H and O–H groups in total. The highest BCUT2D eigenvalue weighted by atomic mass is 16.6. The van der Waals surface area contributed by atoms with Gasteiger partial charge in [-0.3, -0.25) is 4.79 Å². The molecule has 7 heteroatoms. The standard InChI is InChI=1S/C11H15N3O4/c1-2-17-8(15)10-3-9(4-10,5-13-14-12)18-11(10)6-16-7-11/h2-7H2,1H3. The molecule has 3 aliphatic heterocycles. The first-order chi connectivity index (χ1) is 8.62. The molecule has 4 rings (SSSR count). The molecular formula is C11H15N3O4. The number of hydrogen-bond acceptors (Lipinski definition) is 5. The molecule has 0 unspecified atom stereocenters. The Bertz CT molecular complexity index is 434. The number of ether oxygens (including phenoxy) is 3. The number of nitrogens with zero attached hydrogens (tertiary/aromatic N) is 3. The Hall–Kier alpha value is -1.30. The predicted molar refractivity (Wildman–Crippen MR) is 59.7 cm³/mol. The Kier molecular flexibility index (Phi) is 2.35. The Labute approximate surface area is 104 Å². The summed E-state index contributed by atoms with van der Waals surface area (Å²) >= 11 is 0. The van der Waals surface area contributed by atoms with E-state index in [1.807, 2.05) is 0 Å².